The van der Waals surface area contributed by atoms with Crippen LogP contribution in [0.4, 0.5) is 16.2 Å². The first kappa shape index (κ1) is 22.4. The van der Waals surface area contributed by atoms with Gasteiger partial charge in [0.25, 0.3) is 0 Å². The van der Waals surface area contributed by atoms with Crippen LogP contribution in [0.25, 0.3) is 0 Å². The van der Waals surface area contributed by atoms with E-state index in [1.165, 1.54) is 5.69 Å². The number of fused-ring (bicyclic) bond motifs is 1. The lowest BCUT2D eigenvalue weighted by Gasteiger charge is -2.40. The molecule has 2 amide bonds. The molecule has 0 saturated carbocycles. The van der Waals surface area contributed by atoms with Gasteiger partial charge in [-0.25, -0.2) is 4.79 Å². The molecule has 176 valence electrons. The molecule has 0 bridgehead atoms. The molecule has 0 aliphatic carbocycles. The van der Waals surface area contributed by atoms with Crippen molar-refractivity contribution in [3.63, 3.8) is 0 Å². The highest BCUT2D eigenvalue weighted by atomic mass is 35.5. The summed E-state index contributed by atoms with van der Waals surface area (Å²) in [5.74, 6) is 1.50. The van der Waals surface area contributed by atoms with Crippen LogP contribution in [0, 0.1) is 0 Å². The summed E-state index contributed by atoms with van der Waals surface area (Å²) in [7, 11) is 0. The van der Waals surface area contributed by atoms with Crippen LogP contribution in [0.2, 0.25) is 5.02 Å². The molecule has 34 heavy (non-hydrogen) atoms. The number of para-hydroxylation sites is 1. The largest absolute Gasteiger partial charge is 0.454 e. The highest BCUT2D eigenvalue weighted by Crippen LogP contribution is 2.35. The monoisotopic (exact) mass is 478 g/mol. The van der Waals surface area contributed by atoms with Crippen molar-refractivity contribution in [2.75, 3.05) is 49.7 Å². The number of carbonyl (C=O) groups is 1. The van der Waals surface area contributed by atoms with Gasteiger partial charge >= 0.3 is 6.03 Å². The maximum Gasteiger partial charge on any atom is 0.319 e. The summed E-state index contributed by atoms with van der Waals surface area (Å²) in [6.45, 7) is 4.29. The third kappa shape index (κ3) is 5.21. The van der Waals surface area contributed by atoms with Crippen LogP contribution in [0.5, 0.6) is 11.5 Å². The Labute approximate surface area is 204 Å². The van der Waals surface area contributed by atoms with Crippen LogP contribution in [-0.2, 0) is 0 Å². The van der Waals surface area contributed by atoms with Crippen LogP contribution in [0.15, 0.2) is 72.8 Å². The minimum atomic E-state index is -0.268. The second kappa shape index (κ2) is 10.2. The maximum absolute atomic E-state index is 12.6. The third-order valence-corrected chi connectivity index (χ3v) is 6.43. The molecule has 3 aromatic carbocycles. The van der Waals surface area contributed by atoms with Gasteiger partial charge in [0.2, 0.25) is 6.79 Å². The van der Waals surface area contributed by atoms with Crippen molar-refractivity contribution < 1.29 is 14.3 Å². The van der Waals surface area contributed by atoms with Crippen LogP contribution in [0.3, 0.4) is 0 Å². The first-order valence-electron chi connectivity index (χ1n) is 11.4. The molecule has 2 aliphatic rings. The number of rotatable bonds is 6. The zero-order valence-electron chi connectivity index (χ0n) is 18.7. The van der Waals surface area contributed by atoms with Gasteiger partial charge < -0.3 is 25.0 Å². The minimum absolute atomic E-state index is 0.00228. The standard InChI is InChI=1S/C26H27ClN4O3/c27-20-5-4-6-21(16-20)29-26(32)28-17-23(19-9-10-24-25(15-19)34-18-33-24)31-13-11-30(12-14-31)22-7-2-1-3-8-22/h1-10,15-16,23H,11-14,17-18H2,(H2,28,29,32)/t23-/m1/s1. The summed E-state index contributed by atoms with van der Waals surface area (Å²) >= 11 is 6.04. The predicted molar refractivity (Wildman–Crippen MR) is 134 cm³/mol. The highest BCUT2D eigenvalue weighted by Gasteiger charge is 2.27. The van der Waals surface area contributed by atoms with Gasteiger partial charge in [-0.1, -0.05) is 41.9 Å². The Morgan fingerprint density at radius 3 is 2.50 bits per heavy atom. The summed E-state index contributed by atoms with van der Waals surface area (Å²) in [6, 6.07) is 23.3. The molecule has 0 unspecified atom stereocenters. The number of nitrogens with one attached hydrogen (secondary N) is 2. The zero-order valence-corrected chi connectivity index (χ0v) is 19.5. The number of piperazine rings is 1. The lowest BCUT2D eigenvalue weighted by Crippen LogP contribution is -2.50. The van der Waals surface area contributed by atoms with Crippen LogP contribution >= 0.6 is 11.6 Å². The molecule has 5 rings (SSSR count). The number of urea groups is 1. The van der Waals surface area contributed by atoms with Gasteiger partial charge in [0.05, 0.1) is 6.04 Å². The molecule has 2 N–H and O–H groups in total. The first-order valence-corrected chi connectivity index (χ1v) is 11.8. The van der Waals surface area contributed by atoms with Gasteiger partial charge in [0.15, 0.2) is 11.5 Å². The SMILES string of the molecule is O=C(NC[C@H](c1ccc2c(c1)OCO2)N1CCN(c2ccccc2)CC1)Nc1cccc(Cl)c1. The van der Waals surface area contributed by atoms with E-state index in [4.69, 9.17) is 21.1 Å². The van der Waals surface area contributed by atoms with E-state index in [1.807, 2.05) is 24.3 Å². The zero-order chi connectivity index (χ0) is 23.3. The molecular weight excluding hydrogens is 452 g/mol. The quantitative estimate of drug-likeness (QED) is 0.535. The van der Waals surface area contributed by atoms with Crippen molar-refractivity contribution in [1.82, 2.24) is 10.2 Å². The van der Waals surface area contributed by atoms with E-state index in [0.717, 1.165) is 43.2 Å². The molecular formula is C26H27ClN4O3. The van der Waals surface area contributed by atoms with E-state index < -0.39 is 0 Å². The van der Waals surface area contributed by atoms with Gasteiger partial charge in [-0.2, -0.15) is 0 Å². The van der Waals surface area contributed by atoms with Crippen molar-refractivity contribution in [1.29, 1.82) is 0 Å². The van der Waals surface area contributed by atoms with E-state index in [1.54, 1.807) is 18.2 Å². The van der Waals surface area contributed by atoms with Crippen LogP contribution < -0.4 is 25.0 Å². The normalized spacial score (nSPS) is 16.2. The maximum atomic E-state index is 12.6. The molecule has 1 atom stereocenters. The second-order valence-electron chi connectivity index (χ2n) is 8.33. The van der Waals surface area contributed by atoms with Gasteiger partial charge in [-0.3, -0.25) is 4.90 Å². The van der Waals surface area contributed by atoms with Gasteiger partial charge in [-0.15, -0.1) is 0 Å². The molecule has 1 fully saturated rings. The summed E-state index contributed by atoms with van der Waals surface area (Å²) < 4.78 is 11.1. The fourth-order valence-corrected chi connectivity index (χ4v) is 4.63. The average Bonchev–Trinajstić information content (AvgIpc) is 3.33. The molecule has 8 heteroatoms. The Kier molecular flexibility index (Phi) is 6.74. The smallest absolute Gasteiger partial charge is 0.319 e. The molecule has 2 heterocycles. The van der Waals surface area contributed by atoms with Crippen molar-refractivity contribution in [3.05, 3.63) is 83.4 Å². The third-order valence-electron chi connectivity index (χ3n) is 6.20. The van der Waals surface area contributed by atoms with E-state index in [0.29, 0.717) is 17.3 Å². The van der Waals surface area contributed by atoms with E-state index in [2.05, 4.69) is 50.8 Å². The Bertz CT molecular complexity index is 1140. The summed E-state index contributed by atoms with van der Waals surface area (Å²) in [6.07, 6.45) is 0. The molecule has 1 saturated heterocycles. The van der Waals surface area contributed by atoms with E-state index in [-0.39, 0.29) is 18.9 Å². The lowest BCUT2D eigenvalue weighted by molar-refractivity contribution is 0.173. The Morgan fingerprint density at radius 2 is 1.71 bits per heavy atom. The van der Waals surface area contributed by atoms with Crippen molar-refractivity contribution in [2.24, 2.45) is 0 Å². The predicted octanol–water partition coefficient (Wildman–Crippen LogP) is 4.75. The Morgan fingerprint density at radius 1 is 0.912 bits per heavy atom. The number of ether oxygens (including phenoxy) is 2. The first-order chi connectivity index (χ1) is 16.7. The lowest BCUT2D eigenvalue weighted by atomic mass is 10.0. The molecule has 3 aromatic rings. The van der Waals surface area contributed by atoms with E-state index in [9.17, 15) is 4.79 Å². The van der Waals surface area contributed by atoms with Gasteiger partial charge in [0.1, 0.15) is 0 Å². The number of halogens is 1. The topological polar surface area (TPSA) is 66.1 Å². The summed E-state index contributed by atoms with van der Waals surface area (Å²) in [5, 5.41) is 6.47. The number of hydrogen-bond acceptors (Lipinski definition) is 5. The van der Waals surface area contributed by atoms with Crippen LogP contribution in [-0.4, -0.2) is 50.4 Å². The van der Waals surface area contributed by atoms with Crippen LogP contribution in [0.1, 0.15) is 11.6 Å². The molecule has 7 nitrogen and oxygen atoms in total. The average molecular weight is 479 g/mol. The fraction of sp³-hybridized carbons (Fsp3) is 0.269. The molecule has 0 radical (unpaired) electrons. The van der Waals surface area contributed by atoms with E-state index >= 15 is 0 Å². The fourth-order valence-electron chi connectivity index (χ4n) is 4.44. The van der Waals surface area contributed by atoms with Gasteiger partial charge in [-0.05, 0) is 48.0 Å². The van der Waals surface area contributed by atoms with Crippen molar-refractivity contribution in [2.45, 2.75) is 6.04 Å². The molecule has 0 spiro atoms. The number of amides is 2. The highest BCUT2D eigenvalue weighted by molar-refractivity contribution is 6.30. The number of carbonyl (C=O) groups excluding carboxylic acids is 1. The number of hydrogen-bond donors (Lipinski definition) is 2. The minimum Gasteiger partial charge on any atom is -0.454 e. The van der Waals surface area contributed by atoms with Crippen molar-refractivity contribution in [3.8, 4) is 11.5 Å². The second-order valence-corrected chi connectivity index (χ2v) is 8.77. The number of anilines is 2. The number of benzene rings is 3. The Hall–Kier alpha value is -3.42. The molecule has 2 aliphatic heterocycles. The van der Waals surface area contributed by atoms with Crippen molar-refractivity contribution >= 4 is 29.0 Å². The van der Waals surface area contributed by atoms with Gasteiger partial charge in [0, 0.05) is 49.1 Å². The summed E-state index contributed by atoms with van der Waals surface area (Å²) in [5.41, 5.74) is 2.97. The Balaban J connectivity index is 1.28. The number of nitrogens with zero attached hydrogens (tertiary/aromatic N) is 2. The summed E-state index contributed by atoms with van der Waals surface area (Å²) in [4.78, 5) is 17.4. The molecule has 0 aromatic heterocycles.